The smallest absolute Gasteiger partial charge is 0.115 e. The Labute approximate surface area is 115 Å². The molecule has 0 amide bonds. The third kappa shape index (κ3) is 4.22. The third-order valence-electron chi connectivity index (χ3n) is 3.99. The number of phenols is 1. The highest BCUT2D eigenvalue weighted by atomic mass is 16.3. The van der Waals surface area contributed by atoms with Crippen LogP contribution in [-0.4, -0.2) is 40.3 Å². The number of aromatic hydroxyl groups is 1. The first-order valence-electron chi connectivity index (χ1n) is 7.34. The molecule has 0 spiro atoms. The van der Waals surface area contributed by atoms with Crippen molar-refractivity contribution in [3.05, 3.63) is 29.8 Å². The molecule has 1 saturated heterocycles. The van der Waals surface area contributed by atoms with Crippen molar-refractivity contribution in [2.75, 3.05) is 19.6 Å². The van der Waals surface area contributed by atoms with Gasteiger partial charge in [0.05, 0.1) is 5.60 Å². The van der Waals surface area contributed by atoms with Crippen LogP contribution >= 0.6 is 0 Å². The van der Waals surface area contributed by atoms with E-state index in [1.807, 2.05) is 12.1 Å². The number of hydrogen-bond acceptors (Lipinski definition) is 3. The molecule has 2 N–H and O–H groups in total. The molecule has 1 heterocycles. The first-order chi connectivity index (χ1) is 9.11. The maximum Gasteiger partial charge on any atom is 0.115 e. The van der Waals surface area contributed by atoms with Crippen molar-refractivity contribution < 1.29 is 10.2 Å². The molecule has 1 aliphatic heterocycles. The number of benzene rings is 1. The van der Waals surface area contributed by atoms with Crippen LogP contribution in [-0.2, 0) is 6.42 Å². The Balaban J connectivity index is 1.98. The maximum absolute atomic E-state index is 10.8. The van der Waals surface area contributed by atoms with Crippen LogP contribution in [0.5, 0.6) is 5.75 Å². The molecule has 106 valence electrons. The third-order valence-corrected chi connectivity index (χ3v) is 3.99. The summed E-state index contributed by atoms with van der Waals surface area (Å²) in [5.74, 6) is 0.280. The molecule has 2 rings (SSSR count). The van der Waals surface area contributed by atoms with Gasteiger partial charge in [-0.1, -0.05) is 19.1 Å². The zero-order valence-electron chi connectivity index (χ0n) is 11.8. The molecule has 1 aliphatic rings. The van der Waals surface area contributed by atoms with Gasteiger partial charge in [0.1, 0.15) is 5.75 Å². The highest BCUT2D eigenvalue weighted by molar-refractivity contribution is 5.28. The van der Waals surface area contributed by atoms with Crippen molar-refractivity contribution in [3.8, 4) is 5.75 Å². The Morgan fingerprint density at radius 1 is 1.26 bits per heavy atom. The number of aliphatic hydroxyl groups is 1. The second-order valence-corrected chi connectivity index (χ2v) is 5.77. The molecule has 3 heteroatoms. The van der Waals surface area contributed by atoms with E-state index in [2.05, 4.69) is 11.8 Å². The fraction of sp³-hybridized carbons (Fsp3) is 0.625. The van der Waals surface area contributed by atoms with E-state index in [9.17, 15) is 10.2 Å². The van der Waals surface area contributed by atoms with Crippen molar-refractivity contribution in [1.29, 1.82) is 0 Å². The van der Waals surface area contributed by atoms with Crippen LogP contribution in [0.3, 0.4) is 0 Å². The quantitative estimate of drug-likeness (QED) is 0.877. The minimum absolute atomic E-state index is 0.280. The van der Waals surface area contributed by atoms with Crippen LogP contribution in [0, 0.1) is 0 Å². The topological polar surface area (TPSA) is 43.7 Å². The lowest BCUT2D eigenvalue weighted by Crippen LogP contribution is -2.33. The van der Waals surface area contributed by atoms with Gasteiger partial charge in [0.25, 0.3) is 0 Å². The van der Waals surface area contributed by atoms with Crippen molar-refractivity contribution in [1.82, 2.24) is 4.90 Å². The lowest BCUT2D eigenvalue weighted by molar-refractivity contribution is 0.0257. The normalized spacial score (nSPS) is 25.2. The Kier molecular flexibility index (Phi) is 4.83. The van der Waals surface area contributed by atoms with E-state index in [4.69, 9.17) is 0 Å². The summed E-state index contributed by atoms with van der Waals surface area (Å²) in [7, 11) is 0. The van der Waals surface area contributed by atoms with Gasteiger partial charge in [0.15, 0.2) is 0 Å². The zero-order chi connectivity index (χ0) is 13.7. The molecular weight excluding hydrogens is 238 g/mol. The predicted molar refractivity (Wildman–Crippen MR) is 77.3 cm³/mol. The molecule has 0 radical (unpaired) electrons. The van der Waals surface area contributed by atoms with Crippen LogP contribution < -0.4 is 0 Å². The fourth-order valence-corrected chi connectivity index (χ4v) is 3.00. The fourth-order valence-electron chi connectivity index (χ4n) is 3.00. The monoisotopic (exact) mass is 263 g/mol. The number of phenolic OH excluding ortho intramolecular Hbond substituents is 1. The summed E-state index contributed by atoms with van der Waals surface area (Å²) >= 11 is 0. The van der Waals surface area contributed by atoms with Gasteiger partial charge in [0.2, 0.25) is 0 Å². The molecule has 1 unspecified atom stereocenters. The summed E-state index contributed by atoms with van der Waals surface area (Å²) in [5.41, 5.74) is 0.405. The first kappa shape index (κ1) is 14.4. The number of rotatable bonds is 4. The van der Waals surface area contributed by atoms with E-state index in [1.165, 1.54) is 6.42 Å². The molecule has 1 atom stereocenters. The average molecular weight is 263 g/mol. The van der Waals surface area contributed by atoms with Gasteiger partial charge in [-0.2, -0.15) is 0 Å². The molecule has 1 fully saturated rings. The van der Waals surface area contributed by atoms with Gasteiger partial charge >= 0.3 is 0 Å². The van der Waals surface area contributed by atoms with Crippen LogP contribution in [0.15, 0.2) is 24.3 Å². The van der Waals surface area contributed by atoms with E-state index in [-0.39, 0.29) is 5.75 Å². The summed E-state index contributed by atoms with van der Waals surface area (Å²) < 4.78 is 0. The van der Waals surface area contributed by atoms with Crippen LogP contribution in [0.1, 0.15) is 38.2 Å². The lowest BCUT2D eigenvalue weighted by atomic mass is 9.88. The molecule has 0 bridgehead atoms. The largest absolute Gasteiger partial charge is 0.508 e. The standard InChI is InChI=1S/C16H25NO2/c1-2-9-17-10-4-7-16(19,8-11-17)13-14-5-3-6-15(18)12-14/h3,5-6,12,18-19H,2,4,7-11,13H2,1H3. The Morgan fingerprint density at radius 3 is 2.84 bits per heavy atom. The van der Waals surface area contributed by atoms with Crippen LogP contribution in [0.2, 0.25) is 0 Å². The molecular formula is C16H25NO2. The minimum atomic E-state index is -0.615. The summed E-state index contributed by atoms with van der Waals surface area (Å²) in [6, 6.07) is 7.25. The predicted octanol–water partition coefficient (Wildman–Crippen LogP) is 2.56. The van der Waals surface area contributed by atoms with Gasteiger partial charge in [0, 0.05) is 13.0 Å². The summed E-state index contributed by atoms with van der Waals surface area (Å²) in [4.78, 5) is 2.44. The Bertz CT molecular complexity index is 407. The van der Waals surface area contributed by atoms with E-state index >= 15 is 0 Å². The van der Waals surface area contributed by atoms with Crippen molar-refractivity contribution in [3.63, 3.8) is 0 Å². The molecule has 0 aliphatic carbocycles. The summed E-state index contributed by atoms with van der Waals surface area (Å²) in [6.45, 7) is 5.39. The van der Waals surface area contributed by atoms with E-state index in [0.717, 1.165) is 44.5 Å². The van der Waals surface area contributed by atoms with E-state index in [0.29, 0.717) is 6.42 Å². The second-order valence-electron chi connectivity index (χ2n) is 5.77. The highest BCUT2D eigenvalue weighted by Crippen LogP contribution is 2.27. The Hall–Kier alpha value is -1.06. The van der Waals surface area contributed by atoms with E-state index < -0.39 is 5.60 Å². The molecule has 19 heavy (non-hydrogen) atoms. The first-order valence-corrected chi connectivity index (χ1v) is 7.34. The average Bonchev–Trinajstić information content (AvgIpc) is 2.53. The minimum Gasteiger partial charge on any atom is -0.508 e. The Morgan fingerprint density at radius 2 is 2.11 bits per heavy atom. The molecule has 0 saturated carbocycles. The molecule has 3 nitrogen and oxygen atoms in total. The molecule has 1 aromatic rings. The van der Waals surface area contributed by atoms with Crippen molar-refractivity contribution >= 4 is 0 Å². The zero-order valence-corrected chi connectivity index (χ0v) is 11.8. The SMILES string of the molecule is CCCN1CCCC(O)(Cc2cccc(O)c2)CC1. The number of nitrogens with zero attached hydrogens (tertiary/aromatic N) is 1. The van der Waals surface area contributed by atoms with Gasteiger partial charge in [-0.05, 0) is 56.5 Å². The number of likely N-dealkylation sites (tertiary alicyclic amines) is 1. The summed E-state index contributed by atoms with van der Waals surface area (Å²) in [5, 5.41) is 20.3. The highest BCUT2D eigenvalue weighted by Gasteiger charge is 2.30. The van der Waals surface area contributed by atoms with Crippen molar-refractivity contribution in [2.24, 2.45) is 0 Å². The van der Waals surface area contributed by atoms with Gasteiger partial charge in [-0.25, -0.2) is 0 Å². The van der Waals surface area contributed by atoms with Gasteiger partial charge in [-0.3, -0.25) is 0 Å². The lowest BCUT2D eigenvalue weighted by Gasteiger charge is -2.27. The molecule has 1 aromatic carbocycles. The number of hydrogen-bond donors (Lipinski definition) is 2. The second kappa shape index (κ2) is 6.40. The molecule has 0 aromatic heterocycles. The van der Waals surface area contributed by atoms with Gasteiger partial charge < -0.3 is 15.1 Å². The van der Waals surface area contributed by atoms with Crippen LogP contribution in [0.4, 0.5) is 0 Å². The van der Waals surface area contributed by atoms with Crippen LogP contribution in [0.25, 0.3) is 0 Å². The van der Waals surface area contributed by atoms with E-state index in [1.54, 1.807) is 12.1 Å². The van der Waals surface area contributed by atoms with Crippen molar-refractivity contribution in [2.45, 2.75) is 44.6 Å². The maximum atomic E-state index is 10.8. The van der Waals surface area contributed by atoms with Gasteiger partial charge in [-0.15, -0.1) is 0 Å². The summed E-state index contributed by atoms with van der Waals surface area (Å²) in [6.07, 6.45) is 4.53.